The summed E-state index contributed by atoms with van der Waals surface area (Å²) in [6, 6.07) is 12.6. The van der Waals surface area contributed by atoms with Crippen LogP contribution in [0.4, 0.5) is 11.4 Å². The largest absolute Gasteiger partial charge is 0.398 e. The molecule has 94 valence electrons. The van der Waals surface area contributed by atoms with E-state index in [-0.39, 0.29) is 0 Å². The van der Waals surface area contributed by atoms with E-state index in [9.17, 15) is 4.91 Å². The third kappa shape index (κ3) is 1.86. The second kappa shape index (κ2) is 4.40. The van der Waals surface area contributed by atoms with Gasteiger partial charge in [-0.25, -0.2) is 0 Å². The van der Waals surface area contributed by atoms with Crippen LogP contribution in [0.2, 0.25) is 5.02 Å². The number of aromatic nitrogens is 1. The van der Waals surface area contributed by atoms with Crippen LogP contribution in [0.3, 0.4) is 0 Å². The molecule has 0 aliphatic carbocycles. The van der Waals surface area contributed by atoms with Gasteiger partial charge in [-0.1, -0.05) is 29.8 Å². The molecule has 4 nitrogen and oxygen atoms in total. The number of benzene rings is 2. The summed E-state index contributed by atoms with van der Waals surface area (Å²) in [4.78, 5) is 14.3. The summed E-state index contributed by atoms with van der Waals surface area (Å²) >= 11 is 5.98. The first-order chi connectivity index (χ1) is 9.20. The maximum absolute atomic E-state index is 11.1. The number of nitroso groups, excluding NO2 is 1. The maximum Gasteiger partial charge on any atom is 0.141 e. The fraction of sp³-hybridized carbons (Fsp3) is 0. The highest BCUT2D eigenvalue weighted by Crippen LogP contribution is 2.39. The standard InChI is InChI=1S/C14H10ClN3O/c15-8-5-6-11(16)10(7-8)13-14(18-19)9-3-1-2-4-12(9)17-13/h1-7,17H,16H2. The van der Waals surface area contributed by atoms with Gasteiger partial charge in [0.15, 0.2) is 0 Å². The number of fused-ring (bicyclic) bond motifs is 1. The Morgan fingerprint density at radius 1 is 1.16 bits per heavy atom. The topological polar surface area (TPSA) is 71.2 Å². The van der Waals surface area contributed by atoms with Gasteiger partial charge in [0.2, 0.25) is 0 Å². The molecule has 0 bridgehead atoms. The van der Waals surface area contributed by atoms with Gasteiger partial charge < -0.3 is 10.7 Å². The van der Waals surface area contributed by atoms with Gasteiger partial charge in [0.05, 0.1) is 5.69 Å². The van der Waals surface area contributed by atoms with Gasteiger partial charge in [-0.2, -0.15) is 0 Å². The number of aromatic amines is 1. The SMILES string of the molecule is Nc1ccc(Cl)cc1-c1[nH]c2ccccc2c1N=O. The number of rotatable bonds is 2. The summed E-state index contributed by atoms with van der Waals surface area (Å²) in [5.41, 5.74) is 8.95. The molecule has 2 aromatic carbocycles. The normalized spacial score (nSPS) is 10.8. The second-order valence-corrected chi connectivity index (χ2v) is 4.65. The van der Waals surface area contributed by atoms with Crippen LogP contribution in [0.1, 0.15) is 0 Å². The van der Waals surface area contributed by atoms with Crippen LogP contribution < -0.4 is 5.73 Å². The summed E-state index contributed by atoms with van der Waals surface area (Å²) in [5, 5.41) is 4.45. The molecule has 0 unspecified atom stereocenters. The molecule has 0 saturated carbocycles. The van der Waals surface area contributed by atoms with E-state index in [2.05, 4.69) is 10.2 Å². The Morgan fingerprint density at radius 3 is 2.74 bits per heavy atom. The zero-order chi connectivity index (χ0) is 13.4. The first kappa shape index (κ1) is 11.7. The molecule has 0 amide bonds. The number of nitrogens with zero attached hydrogens (tertiary/aromatic N) is 1. The van der Waals surface area contributed by atoms with Crippen LogP contribution in [0.5, 0.6) is 0 Å². The molecule has 0 radical (unpaired) electrons. The predicted octanol–water partition coefficient (Wildman–Crippen LogP) is 4.47. The minimum atomic E-state index is 0.351. The first-order valence-electron chi connectivity index (χ1n) is 5.70. The summed E-state index contributed by atoms with van der Waals surface area (Å²) in [7, 11) is 0. The van der Waals surface area contributed by atoms with Crippen LogP contribution in [-0.2, 0) is 0 Å². The van der Waals surface area contributed by atoms with Gasteiger partial charge >= 0.3 is 0 Å². The monoisotopic (exact) mass is 271 g/mol. The zero-order valence-corrected chi connectivity index (χ0v) is 10.6. The van der Waals surface area contributed by atoms with Crippen LogP contribution in [0.15, 0.2) is 47.6 Å². The highest BCUT2D eigenvalue weighted by molar-refractivity contribution is 6.31. The van der Waals surface area contributed by atoms with E-state index in [1.165, 1.54) is 0 Å². The maximum atomic E-state index is 11.1. The third-order valence-corrected chi connectivity index (χ3v) is 3.29. The van der Waals surface area contributed by atoms with Crippen molar-refractivity contribution in [3.63, 3.8) is 0 Å². The number of H-pyrrole nitrogens is 1. The average molecular weight is 272 g/mol. The molecule has 3 rings (SSSR count). The Hall–Kier alpha value is -2.33. The first-order valence-corrected chi connectivity index (χ1v) is 6.08. The van der Waals surface area contributed by atoms with Crippen LogP contribution in [-0.4, -0.2) is 4.98 Å². The van der Waals surface area contributed by atoms with Crippen molar-refractivity contribution in [2.24, 2.45) is 5.18 Å². The Kier molecular flexibility index (Phi) is 2.72. The summed E-state index contributed by atoms with van der Waals surface area (Å²) < 4.78 is 0. The Morgan fingerprint density at radius 2 is 1.95 bits per heavy atom. The summed E-state index contributed by atoms with van der Waals surface area (Å²) in [6.07, 6.45) is 0. The molecule has 5 heteroatoms. The van der Waals surface area contributed by atoms with Gasteiger partial charge in [0.25, 0.3) is 0 Å². The van der Waals surface area contributed by atoms with E-state index in [1.54, 1.807) is 18.2 Å². The van der Waals surface area contributed by atoms with Crippen molar-refractivity contribution < 1.29 is 0 Å². The smallest absolute Gasteiger partial charge is 0.141 e. The lowest BCUT2D eigenvalue weighted by molar-refractivity contribution is 1.42. The van der Waals surface area contributed by atoms with Gasteiger partial charge in [0, 0.05) is 27.2 Å². The Balaban J connectivity index is 2.36. The molecule has 0 spiro atoms. The van der Waals surface area contributed by atoms with Crippen LogP contribution >= 0.6 is 11.6 Å². The molecular formula is C14H10ClN3O. The number of anilines is 1. The van der Waals surface area contributed by atoms with E-state index in [0.29, 0.717) is 27.7 Å². The molecule has 0 saturated heterocycles. The highest BCUT2D eigenvalue weighted by atomic mass is 35.5. The van der Waals surface area contributed by atoms with Crippen molar-refractivity contribution in [3.05, 3.63) is 52.4 Å². The number of hydrogen-bond acceptors (Lipinski definition) is 3. The van der Waals surface area contributed by atoms with Crippen molar-refractivity contribution in [2.75, 3.05) is 5.73 Å². The van der Waals surface area contributed by atoms with Crippen LogP contribution in [0.25, 0.3) is 22.2 Å². The molecule has 0 atom stereocenters. The molecule has 0 fully saturated rings. The Labute approximate surface area is 114 Å². The van der Waals surface area contributed by atoms with Crippen molar-refractivity contribution in [2.45, 2.75) is 0 Å². The second-order valence-electron chi connectivity index (χ2n) is 4.22. The number of nitrogen functional groups attached to an aromatic ring is 1. The van der Waals surface area contributed by atoms with E-state index in [4.69, 9.17) is 17.3 Å². The fourth-order valence-corrected chi connectivity index (χ4v) is 2.33. The molecule has 3 aromatic rings. The number of hydrogen-bond donors (Lipinski definition) is 2. The van der Waals surface area contributed by atoms with E-state index in [1.807, 2.05) is 24.3 Å². The molecule has 0 aliphatic rings. The fourth-order valence-electron chi connectivity index (χ4n) is 2.16. The number of nitrogens with two attached hydrogens (primary N) is 1. The molecule has 1 heterocycles. The lowest BCUT2D eigenvalue weighted by Gasteiger charge is -2.04. The quantitative estimate of drug-likeness (QED) is 0.533. The molecule has 3 N–H and O–H groups in total. The predicted molar refractivity (Wildman–Crippen MR) is 78.6 cm³/mol. The van der Waals surface area contributed by atoms with Crippen molar-refractivity contribution in [1.82, 2.24) is 4.98 Å². The van der Waals surface area contributed by atoms with Gasteiger partial charge in [-0.3, -0.25) is 0 Å². The highest BCUT2D eigenvalue weighted by Gasteiger charge is 2.15. The van der Waals surface area contributed by atoms with Crippen molar-refractivity contribution in [1.29, 1.82) is 0 Å². The Bertz CT molecular complexity index is 779. The summed E-state index contributed by atoms with van der Waals surface area (Å²) in [5.74, 6) is 0. The number of halogens is 1. The van der Waals surface area contributed by atoms with Gasteiger partial charge in [-0.15, -0.1) is 4.91 Å². The van der Waals surface area contributed by atoms with E-state index < -0.39 is 0 Å². The zero-order valence-electron chi connectivity index (χ0n) is 9.85. The van der Waals surface area contributed by atoms with Crippen molar-refractivity contribution in [3.8, 4) is 11.3 Å². The van der Waals surface area contributed by atoms with Crippen molar-refractivity contribution >= 4 is 33.9 Å². The average Bonchev–Trinajstić information content (AvgIpc) is 2.79. The summed E-state index contributed by atoms with van der Waals surface area (Å²) in [6.45, 7) is 0. The minimum Gasteiger partial charge on any atom is -0.398 e. The number of nitrogens with one attached hydrogen (secondary N) is 1. The molecule has 19 heavy (non-hydrogen) atoms. The van der Waals surface area contributed by atoms with Crippen LogP contribution in [0, 0.1) is 4.91 Å². The third-order valence-electron chi connectivity index (χ3n) is 3.05. The molecule has 0 aliphatic heterocycles. The number of para-hydroxylation sites is 1. The van der Waals surface area contributed by atoms with E-state index >= 15 is 0 Å². The lowest BCUT2D eigenvalue weighted by atomic mass is 10.1. The van der Waals surface area contributed by atoms with E-state index in [0.717, 1.165) is 10.9 Å². The lowest BCUT2D eigenvalue weighted by Crippen LogP contribution is -1.90. The minimum absolute atomic E-state index is 0.351. The van der Waals surface area contributed by atoms with Gasteiger partial charge in [-0.05, 0) is 29.4 Å². The molecular weight excluding hydrogens is 262 g/mol. The van der Waals surface area contributed by atoms with Gasteiger partial charge in [0.1, 0.15) is 5.69 Å². The molecule has 1 aromatic heterocycles.